The molecule has 6 heteroatoms. The molecule has 0 saturated heterocycles. The van der Waals surface area contributed by atoms with Crippen molar-refractivity contribution in [3.8, 4) is 0 Å². The number of aryl methyl sites for hydroxylation is 3. The number of amides is 1. The fourth-order valence-electron chi connectivity index (χ4n) is 1.82. The molecule has 3 N–H and O–H groups in total. The van der Waals surface area contributed by atoms with Crippen LogP contribution in [0.2, 0.25) is 0 Å². The predicted octanol–water partition coefficient (Wildman–Crippen LogP) is 1.51. The van der Waals surface area contributed by atoms with Crippen LogP contribution in [-0.4, -0.2) is 20.7 Å². The second-order valence-corrected chi connectivity index (χ2v) is 4.35. The summed E-state index contributed by atoms with van der Waals surface area (Å²) in [6.45, 7) is 4.22. The van der Waals surface area contributed by atoms with Crippen molar-refractivity contribution in [2.45, 2.75) is 26.8 Å². The van der Waals surface area contributed by atoms with Gasteiger partial charge in [-0.2, -0.15) is 5.10 Å². The molecule has 0 unspecified atom stereocenters. The van der Waals surface area contributed by atoms with E-state index in [1.807, 2.05) is 13.8 Å². The van der Waals surface area contributed by atoms with Crippen molar-refractivity contribution in [3.63, 3.8) is 0 Å². The van der Waals surface area contributed by atoms with Gasteiger partial charge >= 0.3 is 0 Å². The Kier molecular flexibility index (Phi) is 3.79. The molecule has 100 valence electrons. The molecule has 19 heavy (non-hydrogen) atoms. The first-order valence-electron chi connectivity index (χ1n) is 6.08. The Morgan fingerprint density at radius 2 is 2.21 bits per heavy atom. The molecule has 2 aromatic rings. The number of carbonyl (C=O) groups excluding carboxylic acids is 1. The van der Waals surface area contributed by atoms with Crippen LogP contribution in [0.15, 0.2) is 24.3 Å². The van der Waals surface area contributed by atoms with E-state index in [4.69, 9.17) is 5.73 Å². The third-order valence-corrected chi connectivity index (χ3v) is 2.68. The Hall–Kier alpha value is -2.37. The van der Waals surface area contributed by atoms with Crippen LogP contribution in [0.25, 0.3) is 0 Å². The van der Waals surface area contributed by atoms with E-state index in [-0.39, 0.29) is 5.91 Å². The van der Waals surface area contributed by atoms with E-state index in [9.17, 15) is 4.79 Å². The summed E-state index contributed by atoms with van der Waals surface area (Å²) in [6.07, 6.45) is 0.346. The minimum atomic E-state index is -0.0712. The molecule has 0 aliphatic carbocycles. The van der Waals surface area contributed by atoms with Gasteiger partial charge in [-0.1, -0.05) is 6.07 Å². The first-order chi connectivity index (χ1) is 9.04. The molecule has 6 nitrogen and oxygen atoms in total. The van der Waals surface area contributed by atoms with E-state index in [0.717, 1.165) is 5.82 Å². The number of nitrogen functional groups attached to an aromatic ring is 1. The van der Waals surface area contributed by atoms with Crippen LogP contribution in [0.1, 0.15) is 18.1 Å². The number of rotatable bonds is 4. The molecular weight excluding hydrogens is 242 g/mol. The average Bonchev–Trinajstić information content (AvgIpc) is 2.65. The highest BCUT2D eigenvalue weighted by molar-refractivity contribution is 5.91. The Balaban J connectivity index is 1.90. The molecule has 0 atom stereocenters. The number of hydrogen-bond donors (Lipinski definition) is 2. The number of anilines is 2. The summed E-state index contributed by atoms with van der Waals surface area (Å²) in [4.78, 5) is 16.0. The zero-order chi connectivity index (χ0) is 13.8. The van der Waals surface area contributed by atoms with Crippen molar-refractivity contribution in [1.82, 2.24) is 14.8 Å². The van der Waals surface area contributed by atoms with Gasteiger partial charge < -0.3 is 11.1 Å². The van der Waals surface area contributed by atoms with E-state index >= 15 is 0 Å². The number of nitrogens with zero attached hydrogens (tertiary/aromatic N) is 3. The third-order valence-electron chi connectivity index (χ3n) is 2.68. The van der Waals surface area contributed by atoms with Gasteiger partial charge in [0.1, 0.15) is 11.6 Å². The zero-order valence-electron chi connectivity index (χ0n) is 11.1. The molecular formula is C13H17N5O. The maximum atomic E-state index is 11.8. The molecule has 0 radical (unpaired) electrons. The largest absolute Gasteiger partial charge is 0.399 e. The maximum Gasteiger partial charge on any atom is 0.226 e. The summed E-state index contributed by atoms with van der Waals surface area (Å²) < 4.78 is 1.73. The van der Waals surface area contributed by atoms with Gasteiger partial charge in [0, 0.05) is 17.8 Å². The first kappa shape index (κ1) is 13.1. The van der Waals surface area contributed by atoms with Crippen LogP contribution in [0, 0.1) is 13.8 Å². The quantitative estimate of drug-likeness (QED) is 0.815. The van der Waals surface area contributed by atoms with Gasteiger partial charge in [0.05, 0.1) is 6.54 Å². The van der Waals surface area contributed by atoms with Gasteiger partial charge in [-0.3, -0.25) is 4.79 Å². The Labute approximate surface area is 111 Å². The first-order valence-corrected chi connectivity index (χ1v) is 6.08. The third kappa shape index (κ3) is 3.54. The van der Waals surface area contributed by atoms with Crippen LogP contribution in [0.3, 0.4) is 0 Å². The Morgan fingerprint density at radius 3 is 2.84 bits per heavy atom. The van der Waals surface area contributed by atoms with Gasteiger partial charge in [-0.25, -0.2) is 9.67 Å². The minimum absolute atomic E-state index is 0.0712. The molecule has 0 aliphatic heterocycles. The van der Waals surface area contributed by atoms with E-state index in [1.165, 1.54) is 0 Å². The number of aromatic nitrogens is 3. The highest BCUT2D eigenvalue weighted by Gasteiger charge is 2.06. The number of nitrogens with two attached hydrogens (primary N) is 1. The molecule has 1 aromatic carbocycles. The summed E-state index contributed by atoms with van der Waals surface area (Å²) in [5.41, 5.74) is 6.98. The standard InChI is InChI=1S/C13H17N5O/c1-9-15-10(2)18(17-9)7-6-13(19)16-12-5-3-4-11(14)8-12/h3-5,8H,6-7,14H2,1-2H3,(H,16,19). The molecule has 0 bridgehead atoms. The minimum Gasteiger partial charge on any atom is -0.399 e. The summed E-state index contributed by atoms with van der Waals surface area (Å²) in [5, 5.41) is 7.01. The second-order valence-electron chi connectivity index (χ2n) is 4.35. The van der Waals surface area contributed by atoms with E-state index < -0.39 is 0 Å². The topological polar surface area (TPSA) is 85.8 Å². The molecule has 0 aliphatic rings. The van der Waals surface area contributed by atoms with E-state index in [1.54, 1.807) is 28.9 Å². The van der Waals surface area contributed by atoms with Crippen molar-refractivity contribution in [2.75, 3.05) is 11.1 Å². The molecule has 2 rings (SSSR count). The monoisotopic (exact) mass is 259 g/mol. The van der Waals surface area contributed by atoms with Gasteiger partial charge in [0.2, 0.25) is 5.91 Å². The van der Waals surface area contributed by atoms with Gasteiger partial charge in [0.25, 0.3) is 0 Å². The molecule has 1 heterocycles. The van der Waals surface area contributed by atoms with E-state index in [0.29, 0.717) is 30.2 Å². The van der Waals surface area contributed by atoms with Crippen LogP contribution < -0.4 is 11.1 Å². The van der Waals surface area contributed by atoms with E-state index in [2.05, 4.69) is 15.4 Å². The smallest absolute Gasteiger partial charge is 0.226 e. The van der Waals surface area contributed by atoms with Crippen LogP contribution >= 0.6 is 0 Å². The lowest BCUT2D eigenvalue weighted by Crippen LogP contribution is -2.15. The van der Waals surface area contributed by atoms with Crippen molar-refractivity contribution in [1.29, 1.82) is 0 Å². The van der Waals surface area contributed by atoms with Crippen LogP contribution in [0.4, 0.5) is 11.4 Å². The highest BCUT2D eigenvalue weighted by atomic mass is 16.1. The van der Waals surface area contributed by atoms with Crippen molar-refractivity contribution in [3.05, 3.63) is 35.9 Å². The zero-order valence-corrected chi connectivity index (χ0v) is 11.1. The summed E-state index contributed by atoms with van der Waals surface area (Å²) in [5.74, 6) is 1.46. The van der Waals surface area contributed by atoms with Crippen molar-refractivity contribution in [2.24, 2.45) is 0 Å². The summed E-state index contributed by atoms with van der Waals surface area (Å²) in [6, 6.07) is 7.11. The number of hydrogen-bond acceptors (Lipinski definition) is 4. The molecule has 0 saturated carbocycles. The van der Waals surface area contributed by atoms with Crippen LogP contribution in [0.5, 0.6) is 0 Å². The Morgan fingerprint density at radius 1 is 1.42 bits per heavy atom. The molecule has 0 spiro atoms. The number of carbonyl (C=O) groups is 1. The summed E-state index contributed by atoms with van der Waals surface area (Å²) >= 11 is 0. The lowest BCUT2D eigenvalue weighted by Gasteiger charge is -2.06. The highest BCUT2D eigenvalue weighted by Crippen LogP contribution is 2.12. The SMILES string of the molecule is Cc1nc(C)n(CCC(=O)Nc2cccc(N)c2)n1. The number of benzene rings is 1. The Bertz CT molecular complexity index is 590. The molecule has 1 aromatic heterocycles. The maximum absolute atomic E-state index is 11.8. The number of nitrogens with one attached hydrogen (secondary N) is 1. The molecule has 0 fully saturated rings. The van der Waals surface area contributed by atoms with Gasteiger partial charge in [-0.15, -0.1) is 0 Å². The lowest BCUT2D eigenvalue weighted by molar-refractivity contribution is -0.116. The fourth-order valence-corrected chi connectivity index (χ4v) is 1.82. The fraction of sp³-hybridized carbons (Fsp3) is 0.308. The average molecular weight is 259 g/mol. The van der Waals surface area contributed by atoms with Gasteiger partial charge in [0.15, 0.2) is 0 Å². The normalized spacial score (nSPS) is 10.4. The van der Waals surface area contributed by atoms with Crippen LogP contribution in [-0.2, 0) is 11.3 Å². The second kappa shape index (κ2) is 5.51. The van der Waals surface area contributed by atoms with Crippen molar-refractivity contribution < 1.29 is 4.79 Å². The summed E-state index contributed by atoms with van der Waals surface area (Å²) in [7, 11) is 0. The van der Waals surface area contributed by atoms with Gasteiger partial charge in [-0.05, 0) is 32.0 Å². The molecule has 1 amide bonds. The predicted molar refractivity (Wildman–Crippen MR) is 73.6 cm³/mol. The lowest BCUT2D eigenvalue weighted by atomic mass is 10.2. The van der Waals surface area contributed by atoms with Crippen molar-refractivity contribution >= 4 is 17.3 Å².